The van der Waals surface area contributed by atoms with Gasteiger partial charge in [-0.05, 0) is 24.6 Å². The minimum Gasteiger partial charge on any atom is -0.478 e. The topological polar surface area (TPSA) is 144 Å². The van der Waals surface area contributed by atoms with Crippen LogP contribution in [0.5, 0.6) is 0 Å². The van der Waals surface area contributed by atoms with Crippen LogP contribution in [0.25, 0.3) is 0 Å². The second kappa shape index (κ2) is 5.87. The summed E-state index contributed by atoms with van der Waals surface area (Å²) in [6.45, 7) is 0.968. The lowest BCUT2D eigenvalue weighted by atomic mass is 10.1. The molecule has 0 aliphatic carbocycles. The fraction of sp³-hybridized carbons (Fsp3) is 0.300. The minimum absolute atomic E-state index is 0.0723. The van der Waals surface area contributed by atoms with E-state index in [0.717, 1.165) is 0 Å². The molecule has 0 radical (unpaired) electrons. The van der Waals surface area contributed by atoms with Gasteiger partial charge < -0.3 is 5.11 Å². The van der Waals surface area contributed by atoms with Crippen molar-refractivity contribution < 1.29 is 26.7 Å². The molecule has 1 aromatic carbocycles. The number of primary sulfonamides is 1. The summed E-state index contributed by atoms with van der Waals surface area (Å²) >= 11 is 0. The monoisotopic (exact) mass is 322 g/mol. The average Bonchev–Trinajstić information content (AvgIpc) is 2.26. The van der Waals surface area contributed by atoms with Crippen molar-refractivity contribution in [2.24, 2.45) is 5.14 Å². The molecule has 112 valence electrons. The second-order valence-electron chi connectivity index (χ2n) is 4.00. The molecule has 0 unspecified atom stereocenters. The quantitative estimate of drug-likeness (QED) is 0.629. The highest BCUT2D eigenvalue weighted by Gasteiger charge is 2.20. The van der Waals surface area contributed by atoms with Gasteiger partial charge in [0.15, 0.2) is 0 Å². The summed E-state index contributed by atoms with van der Waals surface area (Å²) in [7, 11) is -7.78. The average molecular weight is 322 g/mol. The molecule has 0 heterocycles. The number of benzene rings is 1. The van der Waals surface area contributed by atoms with Gasteiger partial charge in [0.1, 0.15) is 0 Å². The van der Waals surface area contributed by atoms with Gasteiger partial charge in [0.25, 0.3) is 0 Å². The third-order valence-electron chi connectivity index (χ3n) is 2.48. The lowest BCUT2D eigenvalue weighted by Gasteiger charge is -2.10. The highest BCUT2D eigenvalue weighted by Crippen LogP contribution is 2.18. The van der Waals surface area contributed by atoms with Crippen LogP contribution in [0.1, 0.15) is 15.9 Å². The Balaban J connectivity index is 3.05. The Morgan fingerprint density at radius 1 is 1.30 bits per heavy atom. The molecule has 0 saturated carbocycles. The van der Waals surface area contributed by atoms with E-state index in [-0.39, 0.29) is 16.0 Å². The van der Waals surface area contributed by atoms with E-state index in [9.17, 15) is 21.6 Å². The molecule has 0 aliphatic rings. The first-order valence-corrected chi connectivity index (χ1v) is 8.57. The van der Waals surface area contributed by atoms with Gasteiger partial charge in [-0.3, -0.25) is 0 Å². The van der Waals surface area contributed by atoms with Crippen LogP contribution < -0.4 is 9.86 Å². The Morgan fingerprint density at radius 3 is 2.40 bits per heavy atom. The summed E-state index contributed by atoms with van der Waals surface area (Å²) in [5, 5.41) is 13.7. The summed E-state index contributed by atoms with van der Waals surface area (Å²) in [5.41, 5.74) is -0.0672. The second-order valence-corrected chi connectivity index (χ2v) is 7.47. The number of rotatable bonds is 6. The maximum absolute atomic E-state index is 12.0. The zero-order chi connectivity index (χ0) is 15.6. The Hall–Kier alpha value is -1.49. The standard InChI is InChI=1S/C10H14N2O6S2/c1-7-8(10(13)14)3-2-4-9(7)20(17,18)12-5-6-19(11,15)16/h2-4,12H,5-6H2,1H3,(H,13,14)(H2,11,15,16). The highest BCUT2D eigenvalue weighted by atomic mass is 32.2. The van der Waals surface area contributed by atoms with Crippen LogP contribution in [0.2, 0.25) is 0 Å². The molecule has 10 heteroatoms. The molecule has 0 amide bonds. The van der Waals surface area contributed by atoms with Gasteiger partial charge in [0, 0.05) is 6.54 Å². The summed E-state index contributed by atoms with van der Waals surface area (Å²) in [4.78, 5) is 10.7. The fourth-order valence-corrected chi connectivity index (χ4v) is 3.35. The van der Waals surface area contributed by atoms with Gasteiger partial charge in [-0.15, -0.1) is 0 Å². The molecule has 1 rings (SSSR count). The molecule has 8 nitrogen and oxygen atoms in total. The molecule has 0 spiro atoms. The molecule has 0 aliphatic heterocycles. The molecule has 4 N–H and O–H groups in total. The lowest BCUT2D eigenvalue weighted by molar-refractivity contribution is 0.0695. The van der Waals surface area contributed by atoms with Crippen LogP contribution in [-0.2, 0) is 20.0 Å². The lowest BCUT2D eigenvalue weighted by Crippen LogP contribution is -2.32. The van der Waals surface area contributed by atoms with Crippen LogP contribution in [0, 0.1) is 6.92 Å². The van der Waals surface area contributed by atoms with Gasteiger partial charge in [-0.25, -0.2) is 31.5 Å². The summed E-state index contributed by atoms with van der Waals surface area (Å²) in [5.74, 6) is -1.80. The summed E-state index contributed by atoms with van der Waals surface area (Å²) in [6.07, 6.45) is 0. The van der Waals surface area contributed by atoms with Crippen molar-refractivity contribution in [2.75, 3.05) is 12.3 Å². The van der Waals surface area contributed by atoms with E-state index in [4.69, 9.17) is 10.2 Å². The molecule has 0 bridgehead atoms. The number of nitrogens with one attached hydrogen (secondary N) is 1. The Kier molecular flexibility index (Phi) is 4.86. The number of carbonyl (C=O) groups is 1. The summed E-state index contributed by atoms with van der Waals surface area (Å²) in [6, 6.07) is 3.81. The highest BCUT2D eigenvalue weighted by molar-refractivity contribution is 7.90. The van der Waals surface area contributed by atoms with Crippen molar-refractivity contribution in [3.8, 4) is 0 Å². The van der Waals surface area contributed by atoms with Crippen molar-refractivity contribution in [3.05, 3.63) is 29.3 Å². The molecule has 0 saturated heterocycles. The maximum Gasteiger partial charge on any atom is 0.335 e. The summed E-state index contributed by atoms with van der Waals surface area (Å²) < 4.78 is 47.5. The van der Waals surface area contributed by atoms with E-state index in [1.807, 2.05) is 0 Å². The van der Waals surface area contributed by atoms with E-state index < -0.39 is 38.3 Å². The fourth-order valence-electron chi connectivity index (χ4n) is 1.53. The Morgan fingerprint density at radius 2 is 1.90 bits per heavy atom. The van der Waals surface area contributed by atoms with Crippen LogP contribution >= 0.6 is 0 Å². The largest absolute Gasteiger partial charge is 0.478 e. The Bertz CT molecular complexity index is 724. The van der Waals surface area contributed by atoms with E-state index in [2.05, 4.69) is 4.72 Å². The predicted octanol–water partition coefficient (Wildman–Crippen LogP) is -0.740. The van der Waals surface area contributed by atoms with E-state index in [0.29, 0.717) is 0 Å². The third-order valence-corrected chi connectivity index (χ3v) is 4.86. The van der Waals surface area contributed by atoms with E-state index >= 15 is 0 Å². The van der Waals surface area contributed by atoms with Crippen molar-refractivity contribution in [3.63, 3.8) is 0 Å². The molecular formula is C10H14N2O6S2. The molecule has 0 atom stereocenters. The molecule has 1 aromatic rings. The molecule has 0 aromatic heterocycles. The van der Waals surface area contributed by atoms with Gasteiger partial charge in [0.05, 0.1) is 16.2 Å². The van der Waals surface area contributed by atoms with Crippen molar-refractivity contribution in [1.82, 2.24) is 4.72 Å². The van der Waals surface area contributed by atoms with Crippen molar-refractivity contribution in [2.45, 2.75) is 11.8 Å². The van der Waals surface area contributed by atoms with Crippen LogP contribution in [0.15, 0.2) is 23.1 Å². The molecular weight excluding hydrogens is 308 g/mol. The van der Waals surface area contributed by atoms with Crippen molar-refractivity contribution in [1.29, 1.82) is 0 Å². The molecule has 20 heavy (non-hydrogen) atoms. The normalized spacial score (nSPS) is 12.3. The predicted molar refractivity (Wildman–Crippen MR) is 71.3 cm³/mol. The minimum atomic E-state index is -4.00. The number of aromatic carboxylic acids is 1. The smallest absolute Gasteiger partial charge is 0.335 e. The maximum atomic E-state index is 12.0. The number of nitrogens with two attached hydrogens (primary N) is 1. The first-order chi connectivity index (χ1) is 9.04. The van der Waals surface area contributed by atoms with Crippen LogP contribution in [-0.4, -0.2) is 40.2 Å². The van der Waals surface area contributed by atoms with Crippen molar-refractivity contribution >= 4 is 26.0 Å². The van der Waals surface area contributed by atoms with Crippen LogP contribution in [0.3, 0.4) is 0 Å². The number of carboxylic acids is 1. The van der Waals surface area contributed by atoms with Gasteiger partial charge in [-0.1, -0.05) is 6.07 Å². The van der Waals surface area contributed by atoms with Crippen LogP contribution in [0.4, 0.5) is 0 Å². The Labute approximate surface area is 116 Å². The molecule has 0 fully saturated rings. The first kappa shape index (κ1) is 16.6. The van der Waals surface area contributed by atoms with Gasteiger partial charge in [-0.2, -0.15) is 0 Å². The van der Waals surface area contributed by atoms with Gasteiger partial charge in [0.2, 0.25) is 20.0 Å². The number of carboxylic acid groups (broad SMARTS) is 1. The number of sulfonamides is 2. The zero-order valence-corrected chi connectivity index (χ0v) is 12.2. The zero-order valence-electron chi connectivity index (χ0n) is 10.5. The SMILES string of the molecule is Cc1c(C(=O)O)cccc1S(=O)(=O)NCCS(N)(=O)=O. The van der Waals surface area contributed by atoms with E-state index in [1.54, 1.807) is 0 Å². The third kappa shape index (κ3) is 4.27. The number of hydrogen-bond donors (Lipinski definition) is 3. The number of hydrogen-bond acceptors (Lipinski definition) is 5. The first-order valence-electron chi connectivity index (χ1n) is 5.37. The van der Waals surface area contributed by atoms with Gasteiger partial charge >= 0.3 is 5.97 Å². The van der Waals surface area contributed by atoms with E-state index in [1.165, 1.54) is 25.1 Å².